The van der Waals surface area contributed by atoms with Gasteiger partial charge in [0, 0.05) is 4.88 Å². The van der Waals surface area contributed by atoms with Crippen molar-refractivity contribution in [3.05, 3.63) is 30.8 Å². The average molecular weight is 374 g/mol. The molecule has 7 heteroatoms. The fourth-order valence-corrected chi connectivity index (χ4v) is 3.46. The van der Waals surface area contributed by atoms with Crippen molar-refractivity contribution in [2.24, 2.45) is 0 Å². The molecule has 94 valence electrons. The molecule has 2 aromatic rings. The highest BCUT2D eigenvalue weighted by Crippen LogP contribution is 2.31. The number of hydrogen-bond donors (Lipinski definition) is 2. The molecule has 0 spiro atoms. The molecule has 0 atom stereocenters. The van der Waals surface area contributed by atoms with E-state index >= 15 is 0 Å². The van der Waals surface area contributed by atoms with Crippen LogP contribution in [0.25, 0.3) is 0 Å². The zero-order valence-corrected chi connectivity index (χ0v) is 12.5. The minimum atomic E-state index is -0.130. The molecule has 0 aromatic carbocycles. The molecule has 1 aliphatic carbocycles. The Labute approximate surface area is 121 Å². The molecule has 3 rings (SSSR count). The Kier molecular flexibility index (Phi) is 3.33. The lowest BCUT2D eigenvalue weighted by Gasteiger charge is -2.06. The zero-order valence-electron chi connectivity index (χ0n) is 9.49. The topological polar surface area (TPSA) is 70.7 Å². The number of fused-ring (bicyclic) bond motifs is 1. The van der Waals surface area contributed by atoms with Crippen molar-refractivity contribution in [1.82, 2.24) is 15.0 Å². The Balaban J connectivity index is 1.90. The maximum atomic E-state index is 11.5. The second kappa shape index (κ2) is 4.96. The largest absolute Gasteiger partial charge is 0.315 e. The molecule has 5 nitrogen and oxygen atoms in total. The molecule has 1 aliphatic rings. The number of hydrogen-bond acceptors (Lipinski definition) is 5. The van der Waals surface area contributed by atoms with Gasteiger partial charge in [-0.1, -0.05) is 0 Å². The molecule has 2 N–H and O–H groups in total. The average Bonchev–Trinajstić information content (AvgIpc) is 2.77. The third kappa shape index (κ3) is 2.28. The summed E-state index contributed by atoms with van der Waals surface area (Å²) in [6.45, 7) is 0. The monoisotopic (exact) mass is 374 g/mol. The molecule has 0 saturated carbocycles. The van der Waals surface area contributed by atoms with Gasteiger partial charge in [0.2, 0.25) is 0 Å². The zero-order chi connectivity index (χ0) is 12.5. The predicted molar refractivity (Wildman–Crippen MR) is 79.6 cm³/mol. The summed E-state index contributed by atoms with van der Waals surface area (Å²) in [5.74, 6) is 0.574. The van der Waals surface area contributed by atoms with Crippen LogP contribution in [0.5, 0.6) is 0 Å². The number of rotatable bonds is 2. The van der Waals surface area contributed by atoms with Gasteiger partial charge in [0.25, 0.3) is 5.56 Å². The number of halogens is 1. The minimum absolute atomic E-state index is 0.130. The summed E-state index contributed by atoms with van der Waals surface area (Å²) in [6.07, 6.45) is 6.05. The number of aromatic nitrogens is 3. The third-order valence-corrected chi connectivity index (χ3v) is 4.94. The maximum absolute atomic E-state index is 11.5. The standard InChI is InChI=1S/C11H11IN4OS/c12-8-9(13-5-14-10(8)17)16-11-15-6-3-1-2-4-7(6)18-11/h5H,1-4H2,(H2,13,14,15,16,17). The molecule has 0 unspecified atom stereocenters. The summed E-state index contributed by atoms with van der Waals surface area (Å²) in [4.78, 5) is 24.1. The normalized spacial score (nSPS) is 14.3. The fourth-order valence-electron chi connectivity index (χ4n) is 1.98. The summed E-state index contributed by atoms with van der Waals surface area (Å²) in [7, 11) is 0. The first-order valence-electron chi connectivity index (χ1n) is 5.73. The van der Waals surface area contributed by atoms with Gasteiger partial charge >= 0.3 is 0 Å². The number of nitrogens with zero attached hydrogens (tertiary/aromatic N) is 2. The van der Waals surface area contributed by atoms with E-state index in [1.54, 1.807) is 11.3 Å². The van der Waals surface area contributed by atoms with Crippen molar-refractivity contribution in [1.29, 1.82) is 0 Å². The van der Waals surface area contributed by atoms with Gasteiger partial charge < -0.3 is 10.3 Å². The SMILES string of the molecule is O=c1[nH]cnc(Nc2nc3c(s2)CCCC3)c1I. The van der Waals surface area contributed by atoms with Crippen molar-refractivity contribution >= 4 is 44.9 Å². The molecule has 0 saturated heterocycles. The van der Waals surface area contributed by atoms with E-state index in [-0.39, 0.29) is 5.56 Å². The van der Waals surface area contributed by atoms with Gasteiger partial charge in [0.1, 0.15) is 3.57 Å². The third-order valence-electron chi connectivity index (χ3n) is 2.87. The number of aromatic amines is 1. The smallest absolute Gasteiger partial charge is 0.266 e. The number of anilines is 2. The number of aryl methyl sites for hydroxylation is 2. The number of nitrogens with one attached hydrogen (secondary N) is 2. The highest BCUT2D eigenvalue weighted by atomic mass is 127. The van der Waals surface area contributed by atoms with Gasteiger partial charge in [-0.05, 0) is 48.3 Å². The molecule has 0 amide bonds. The summed E-state index contributed by atoms with van der Waals surface area (Å²) in [5.41, 5.74) is 1.07. The lowest BCUT2D eigenvalue weighted by atomic mass is 10.0. The van der Waals surface area contributed by atoms with Crippen LogP contribution in [-0.4, -0.2) is 15.0 Å². The van der Waals surface area contributed by atoms with E-state index in [9.17, 15) is 4.79 Å². The molecule has 0 radical (unpaired) electrons. The molecule has 2 aromatic heterocycles. The van der Waals surface area contributed by atoms with E-state index < -0.39 is 0 Å². The van der Waals surface area contributed by atoms with Gasteiger partial charge in [-0.25, -0.2) is 9.97 Å². The first-order chi connectivity index (χ1) is 8.74. The van der Waals surface area contributed by atoms with Gasteiger partial charge in [-0.2, -0.15) is 0 Å². The van der Waals surface area contributed by atoms with Crippen molar-refractivity contribution in [2.45, 2.75) is 25.7 Å². The molecular weight excluding hydrogens is 363 g/mol. The lowest BCUT2D eigenvalue weighted by Crippen LogP contribution is -2.12. The summed E-state index contributed by atoms with van der Waals surface area (Å²) in [5, 5.41) is 3.97. The molecule has 2 heterocycles. The Hall–Kier alpha value is -0.960. The van der Waals surface area contributed by atoms with Gasteiger partial charge in [-0.3, -0.25) is 4.79 Å². The van der Waals surface area contributed by atoms with Crippen LogP contribution < -0.4 is 10.9 Å². The van der Waals surface area contributed by atoms with Crippen LogP contribution in [-0.2, 0) is 12.8 Å². The van der Waals surface area contributed by atoms with Crippen LogP contribution in [0.1, 0.15) is 23.4 Å². The second-order valence-electron chi connectivity index (χ2n) is 4.12. The Morgan fingerprint density at radius 1 is 1.39 bits per heavy atom. The van der Waals surface area contributed by atoms with Crippen LogP contribution in [0.2, 0.25) is 0 Å². The van der Waals surface area contributed by atoms with E-state index in [2.05, 4.69) is 20.3 Å². The van der Waals surface area contributed by atoms with E-state index in [1.807, 2.05) is 22.6 Å². The van der Waals surface area contributed by atoms with E-state index in [0.717, 1.165) is 18.0 Å². The predicted octanol–water partition coefficient (Wildman–Crippen LogP) is 2.45. The number of thiazole rings is 1. The van der Waals surface area contributed by atoms with E-state index in [1.165, 1.54) is 29.7 Å². The van der Waals surface area contributed by atoms with Crippen molar-refractivity contribution in [2.75, 3.05) is 5.32 Å². The molecule has 0 fully saturated rings. The van der Waals surface area contributed by atoms with Crippen LogP contribution in [0.3, 0.4) is 0 Å². The quantitative estimate of drug-likeness (QED) is 0.793. The van der Waals surface area contributed by atoms with Gasteiger partial charge in [0.05, 0.1) is 12.0 Å². The van der Waals surface area contributed by atoms with Crippen molar-refractivity contribution in [3.63, 3.8) is 0 Å². The second-order valence-corrected chi connectivity index (χ2v) is 6.28. The first kappa shape index (κ1) is 12.1. The summed E-state index contributed by atoms with van der Waals surface area (Å²) >= 11 is 3.65. The highest BCUT2D eigenvalue weighted by Gasteiger charge is 2.16. The van der Waals surface area contributed by atoms with Crippen LogP contribution in [0.4, 0.5) is 10.9 Å². The summed E-state index contributed by atoms with van der Waals surface area (Å²) in [6, 6.07) is 0. The van der Waals surface area contributed by atoms with E-state index in [4.69, 9.17) is 0 Å². The Morgan fingerprint density at radius 3 is 3.06 bits per heavy atom. The van der Waals surface area contributed by atoms with Crippen LogP contribution in [0, 0.1) is 3.57 Å². The Bertz CT molecular complexity index is 613. The van der Waals surface area contributed by atoms with E-state index in [0.29, 0.717) is 9.39 Å². The Morgan fingerprint density at radius 2 is 2.22 bits per heavy atom. The molecule has 0 bridgehead atoms. The van der Waals surface area contributed by atoms with Gasteiger partial charge in [0.15, 0.2) is 10.9 Å². The van der Waals surface area contributed by atoms with Crippen LogP contribution in [0.15, 0.2) is 11.1 Å². The number of H-pyrrole nitrogens is 1. The highest BCUT2D eigenvalue weighted by molar-refractivity contribution is 14.1. The van der Waals surface area contributed by atoms with Crippen LogP contribution >= 0.6 is 33.9 Å². The first-order valence-corrected chi connectivity index (χ1v) is 7.62. The fraction of sp³-hybridized carbons (Fsp3) is 0.364. The maximum Gasteiger partial charge on any atom is 0.266 e. The van der Waals surface area contributed by atoms with Crippen molar-refractivity contribution < 1.29 is 0 Å². The molecule has 0 aliphatic heterocycles. The van der Waals surface area contributed by atoms with Gasteiger partial charge in [-0.15, -0.1) is 11.3 Å². The molecular formula is C11H11IN4OS. The summed E-state index contributed by atoms with van der Waals surface area (Å²) < 4.78 is 0.559. The van der Waals surface area contributed by atoms with Crippen molar-refractivity contribution in [3.8, 4) is 0 Å². The lowest BCUT2D eigenvalue weighted by molar-refractivity contribution is 0.683. The minimum Gasteiger partial charge on any atom is -0.315 e. The molecule has 18 heavy (non-hydrogen) atoms.